The third-order valence-corrected chi connectivity index (χ3v) is 3.75. The van der Waals surface area contributed by atoms with Crippen LogP contribution in [0.5, 0.6) is 5.75 Å². The largest absolute Gasteiger partial charge is 0.493 e. The van der Waals surface area contributed by atoms with Crippen LogP contribution in [0.3, 0.4) is 0 Å². The van der Waals surface area contributed by atoms with E-state index in [1.54, 1.807) is 6.92 Å². The maximum Gasteiger partial charge on any atom is 0.323 e. The van der Waals surface area contributed by atoms with Crippen LogP contribution in [-0.4, -0.2) is 29.3 Å². The van der Waals surface area contributed by atoms with Gasteiger partial charge in [-0.3, -0.25) is 10.1 Å². The number of carboxylic acids is 1. The Hall–Kier alpha value is -1.55. The van der Waals surface area contributed by atoms with E-state index in [9.17, 15) is 9.90 Å². The zero-order valence-corrected chi connectivity index (χ0v) is 12.2. The van der Waals surface area contributed by atoms with Gasteiger partial charge >= 0.3 is 5.97 Å². The number of ether oxygens (including phenoxy) is 1. The minimum atomic E-state index is -0.899. The van der Waals surface area contributed by atoms with Crippen LogP contribution >= 0.6 is 0 Å². The minimum absolute atomic E-state index is 0.361. The fourth-order valence-corrected chi connectivity index (χ4v) is 2.15. The maximum atomic E-state index is 11.4. The molecule has 0 aliphatic heterocycles. The van der Waals surface area contributed by atoms with Crippen molar-refractivity contribution in [2.75, 3.05) is 6.61 Å². The van der Waals surface area contributed by atoms with Crippen LogP contribution in [0.1, 0.15) is 38.7 Å². The summed E-state index contributed by atoms with van der Waals surface area (Å²) in [4.78, 5) is 11.4. The summed E-state index contributed by atoms with van der Waals surface area (Å²) in [6.07, 6.45) is 3.56. The van der Waals surface area contributed by atoms with Gasteiger partial charge in [0, 0.05) is 12.5 Å². The lowest BCUT2D eigenvalue weighted by molar-refractivity contribution is -0.144. The molecule has 1 aliphatic carbocycles. The predicted octanol–water partition coefficient (Wildman–Crippen LogP) is 2.61. The molecule has 1 aliphatic rings. The molecule has 20 heavy (non-hydrogen) atoms. The fourth-order valence-electron chi connectivity index (χ4n) is 2.15. The summed E-state index contributed by atoms with van der Waals surface area (Å²) < 4.78 is 5.69. The normalized spacial score (nSPS) is 17.5. The van der Waals surface area contributed by atoms with E-state index in [-0.39, 0.29) is 0 Å². The number of aryl methyl sites for hydroxylation is 1. The third kappa shape index (κ3) is 3.97. The monoisotopic (exact) mass is 277 g/mol. The van der Waals surface area contributed by atoms with Gasteiger partial charge in [0.05, 0.1) is 6.61 Å². The third-order valence-electron chi connectivity index (χ3n) is 3.75. The summed E-state index contributed by atoms with van der Waals surface area (Å²) in [7, 11) is 0. The molecule has 1 aromatic carbocycles. The van der Waals surface area contributed by atoms with Gasteiger partial charge < -0.3 is 9.84 Å². The highest BCUT2D eigenvalue weighted by atomic mass is 16.5. The average Bonchev–Trinajstić information content (AvgIpc) is 3.22. The number of nitrogens with one attached hydrogen (secondary N) is 1. The smallest absolute Gasteiger partial charge is 0.323 e. The van der Waals surface area contributed by atoms with Gasteiger partial charge in [0.1, 0.15) is 11.3 Å². The summed E-state index contributed by atoms with van der Waals surface area (Å²) in [6.45, 7) is 4.23. The highest BCUT2D eigenvalue weighted by Crippen LogP contribution is 2.24. The summed E-state index contributed by atoms with van der Waals surface area (Å²) in [5.74, 6) is -0.00109. The topological polar surface area (TPSA) is 58.6 Å². The van der Waals surface area contributed by atoms with Gasteiger partial charge in [0.25, 0.3) is 0 Å². The van der Waals surface area contributed by atoms with Crippen LogP contribution in [0.25, 0.3) is 0 Å². The van der Waals surface area contributed by atoms with Crippen molar-refractivity contribution in [3.05, 3.63) is 29.8 Å². The quantitative estimate of drug-likeness (QED) is 0.767. The number of hydrogen-bond donors (Lipinski definition) is 2. The SMILES string of the molecule is CCc1cccc(OCCC(C)(NC2CC2)C(=O)O)c1. The number of carbonyl (C=O) groups is 1. The standard InChI is InChI=1S/C16H23NO3/c1-3-12-5-4-6-14(11-12)20-10-9-16(2,15(18)19)17-13-7-8-13/h4-6,11,13,17H,3,7-10H2,1-2H3,(H,18,19). The molecule has 0 heterocycles. The molecule has 110 valence electrons. The molecule has 4 nitrogen and oxygen atoms in total. The Labute approximate surface area is 120 Å². The first kappa shape index (κ1) is 14.9. The Bertz CT molecular complexity index is 471. The molecule has 0 amide bonds. The van der Waals surface area contributed by atoms with Crippen molar-refractivity contribution in [2.45, 2.75) is 51.1 Å². The molecular formula is C16H23NO3. The van der Waals surface area contributed by atoms with Crippen molar-refractivity contribution in [2.24, 2.45) is 0 Å². The highest BCUT2D eigenvalue weighted by molar-refractivity contribution is 5.78. The van der Waals surface area contributed by atoms with Crippen LogP contribution in [-0.2, 0) is 11.2 Å². The first-order chi connectivity index (χ1) is 9.53. The fraction of sp³-hybridized carbons (Fsp3) is 0.562. The lowest BCUT2D eigenvalue weighted by Crippen LogP contribution is -2.51. The Morgan fingerprint density at radius 2 is 2.25 bits per heavy atom. The van der Waals surface area contributed by atoms with Gasteiger partial charge in [-0.15, -0.1) is 0 Å². The van der Waals surface area contributed by atoms with Gasteiger partial charge in [0.2, 0.25) is 0 Å². The molecule has 1 atom stereocenters. The summed E-state index contributed by atoms with van der Waals surface area (Å²) in [5.41, 5.74) is 0.323. The molecule has 1 fully saturated rings. The second kappa shape index (κ2) is 6.27. The summed E-state index contributed by atoms with van der Waals surface area (Å²) in [6, 6.07) is 8.30. The van der Waals surface area contributed by atoms with Crippen molar-refractivity contribution in [3.8, 4) is 5.75 Å². The van der Waals surface area contributed by atoms with Gasteiger partial charge in [0.15, 0.2) is 0 Å². The minimum Gasteiger partial charge on any atom is -0.493 e. The van der Waals surface area contributed by atoms with E-state index in [0.29, 0.717) is 19.1 Å². The van der Waals surface area contributed by atoms with Gasteiger partial charge in [-0.2, -0.15) is 0 Å². The second-order valence-corrected chi connectivity index (χ2v) is 5.66. The number of aliphatic carboxylic acids is 1. The van der Waals surface area contributed by atoms with Crippen LogP contribution < -0.4 is 10.1 Å². The van der Waals surface area contributed by atoms with E-state index < -0.39 is 11.5 Å². The Balaban J connectivity index is 1.87. The molecule has 1 aromatic rings. The molecule has 1 saturated carbocycles. The molecule has 0 spiro atoms. The predicted molar refractivity (Wildman–Crippen MR) is 78.1 cm³/mol. The van der Waals surface area contributed by atoms with Gasteiger partial charge in [-0.25, -0.2) is 0 Å². The average molecular weight is 277 g/mol. The number of carboxylic acid groups (broad SMARTS) is 1. The van der Waals surface area contributed by atoms with Crippen molar-refractivity contribution < 1.29 is 14.6 Å². The molecule has 2 rings (SSSR count). The van der Waals surface area contributed by atoms with Crippen LogP contribution in [0, 0.1) is 0 Å². The molecule has 4 heteroatoms. The Kier molecular flexibility index (Phi) is 4.65. The molecule has 0 bridgehead atoms. The summed E-state index contributed by atoms with van der Waals surface area (Å²) >= 11 is 0. The molecule has 0 aromatic heterocycles. The lowest BCUT2D eigenvalue weighted by Gasteiger charge is -2.26. The van der Waals surface area contributed by atoms with E-state index in [4.69, 9.17) is 4.74 Å². The number of rotatable bonds is 8. The molecule has 1 unspecified atom stereocenters. The van der Waals surface area contributed by atoms with E-state index >= 15 is 0 Å². The van der Waals surface area contributed by atoms with Crippen molar-refractivity contribution in [1.82, 2.24) is 5.32 Å². The first-order valence-electron chi connectivity index (χ1n) is 7.26. The van der Waals surface area contributed by atoms with Crippen molar-refractivity contribution in [3.63, 3.8) is 0 Å². The first-order valence-corrected chi connectivity index (χ1v) is 7.26. The molecule has 2 N–H and O–H groups in total. The Morgan fingerprint density at radius 1 is 1.50 bits per heavy atom. The zero-order valence-electron chi connectivity index (χ0n) is 12.2. The lowest BCUT2D eigenvalue weighted by atomic mass is 9.98. The second-order valence-electron chi connectivity index (χ2n) is 5.66. The van der Waals surface area contributed by atoms with Crippen molar-refractivity contribution in [1.29, 1.82) is 0 Å². The van der Waals surface area contributed by atoms with E-state index in [1.807, 2.05) is 18.2 Å². The molecule has 0 radical (unpaired) electrons. The number of hydrogen-bond acceptors (Lipinski definition) is 3. The van der Waals surface area contributed by atoms with E-state index in [1.165, 1.54) is 5.56 Å². The summed E-state index contributed by atoms with van der Waals surface area (Å²) in [5, 5.41) is 12.6. The van der Waals surface area contributed by atoms with Gasteiger partial charge in [-0.05, 0) is 43.9 Å². The van der Waals surface area contributed by atoms with Crippen LogP contribution in [0.4, 0.5) is 0 Å². The van der Waals surface area contributed by atoms with Crippen molar-refractivity contribution >= 4 is 5.97 Å². The maximum absolute atomic E-state index is 11.4. The van der Waals surface area contributed by atoms with Crippen LogP contribution in [0.2, 0.25) is 0 Å². The molecule has 0 saturated heterocycles. The van der Waals surface area contributed by atoms with Gasteiger partial charge in [-0.1, -0.05) is 19.1 Å². The molecular weight excluding hydrogens is 254 g/mol. The van der Waals surface area contributed by atoms with E-state index in [0.717, 1.165) is 25.0 Å². The zero-order chi connectivity index (χ0) is 14.6. The van der Waals surface area contributed by atoms with E-state index in [2.05, 4.69) is 18.3 Å². The highest BCUT2D eigenvalue weighted by Gasteiger charge is 2.38. The van der Waals surface area contributed by atoms with Crippen LogP contribution in [0.15, 0.2) is 24.3 Å². The number of benzene rings is 1. The Morgan fingerprint density at radius 3 is 2.85 bits per heavy atom.